The van der Waals surface area contributed by atoms with Gasteiger partial charge in [0.25, 0.3) is 17.1 Å². The third-order valence-corrected chi connectivity index (χ3v) is 5.25. The van der Waals surface area contributed by atoms with Crippen molar-refractivity contribution in [2.45, 2.75) is 6.92 Å². The highest BCUT2D eigenvalue weighted by Crippen LogP contribution is 2.44. The first-order valence-corrected chi connectivity index (χ1v) is 8.97. The molecule has 25 heavy (non-hydrogen) atoms. The highest BCUT2D eigenvalue weighted by Gasteiger charge is 2.43. The summed E-state index contributed by atoms with van der Waals surface area (Å²) in [6.07, 6.45) is 0. The number of hydrogen-bond acceptors (Lipinski definition) is 6. The van der Waals surface area contributed by atoms with Gasteiger partial charge in [-0.1, -0.05) is 15.9 Å². The van der Waals surface area contributed by atoms with Crippen LogP contribution in [0.3, 0.4) is 0 Å². The summed E-state index contributed by atoms with van der Waals surface area (Å²) in [5.74, 6) is -1.70. The van der Waals surface area contributed by atoms with Crippen molar-refractivity contribution in [3.63, 3.8) is 0 Å². The van der Waals surface area contributed by atoms with Gasteiger partial charge in [0.05, 0.1) is 22.8 Å². The number of rotatable bonds is 3. The lowest BCUT2D eigenvalue weighted by Gasteiger charge is -2.11. The minimum atomic E-state index is -0.672. The SMILES string of the molecule is CCOC(=O)CN1C(=O)S/C(=C2/C(=O)N(C)c3ccc(Br)cc32)C1=O. The van der Waals surface area contributed by atoms with E-state index >= 15 is 0 Å². The van der Waals surface area contributed by atoms with Crippen LogP contribution in [0.4, 0.5) is 10.5 Å². The number of thioether (sulfide) groups is 1. The number of imide groups is 1. The van der Waals surface area contributed by atoms with E-state index in [0.29, 0.717) is 23.0 Å². The molecule has 1 saturated heterocycles. The van der Waals surface area contributed by atoms with Gasteiger partial charge in [-0.15, -0.1) is 0 Å². The van der Waals surface area contributed by atoms with Crippen LogP contribution in [-0.4, -0.2) is 48.1 Å². The van der Waals surface area contributed by atoms with Gasteiger partial charge in [-0.05, 0) is 36.9 Å². The number of amides is 3. The molecule has 2 aliphatic heterocycles. The van der Waals surface area contributed by atoms with Gasteiger partial charge < -0.3 is 9.64 Å². The Hall–Kier alpha value is -2.13. The topological polar surface area (TPSA) is 84.0 Å². The third-order valence-electron chi connectivity index (χ3n) is 3.78. The maximum Gasteiger partial charge on any atom is 0.326 e. The molecular formula is C16H13BrN2O5S. The van der Waals surface area contributed by atoms with Crippen molar-refractivity contribution in [1.29, 1.82) is 0 Å². The van der Waals surface area contributed by atoms with Crippen molar-refractivity contribution in [3.05, 3.63) is 33.1 Å². The van der Waals surface area contributed by atoms with Crippen molar-refractivity contribution < 1.29 is 23.9 Å². The Bertz CT molecular complexity index is 851. The molecule has 0 radical (unpaired) electrons. The monoisotopic (exact) mass is 424 g/mol. The molecule has 0 aliphatic carbocycles. The summed E-state index contributed by atoms with van der Waals surface area (Å²) in [5, 5.41) is -0.598. The zero-order valence-corrected chi connectivity index (χ0v) is 15.8. The Morgan fingerprint density at radius 1 is 1.24 bits per heavy atom. The van der Waals surface area contributed by atoms with Crippen LogP contribution in [0, 0.1) is 0 Å². The molecule has 2 aliphatic rings. The Labute approximate surface area is 156 Å². The smallest absolute Gasteiger partial charge is 0.326 e. The van der Waals surface area contributed by atoms with Crippen molar-refractivity contribution in [3.8, 4) is 0 Å². The number of carbonyl (C=O) groups excluding carboxylic acids is 4. The molecule has 0 unspecified atom stereocenters. The van der Waals surface area contributed by atoms with E-state index in [4.69, 9.17) is 4.74 Å². The number of anilines is 1. The number of halogens is 1. The number of carbonyl (C=O) groups is 4. The van der Waals surface area contributed by atoms with E-state index in [1.165, 1.54) is 4.90 Å². The molecule has 130 valence electrons. The molecule has 1 aromatic carbocycles. The highest BCUT2D eigenvalue weighted by atomic mass is 79.9. The van der Waals surface area contributed by atoms with Crippen molar-refractivity contribution >= 4 is 62.0 Å². The van der Waals surface area contributed by atoms with Crippen LogP contribution >= 0.6 is 27.7 Å². The molecule has 7 nitrogen and oxygen atoms in total. The molecule has 0 bridgehead atoms. The summed E-state index contributed by atoms with van der Waals surface area (Å²) in [4.78, 5) is 51.2. The summed E-state index contributed by atoms with van der Waals surface area (Å²) in [6, 6.07) is 5.27. The van der Waals surface area contributed by atoms with Crippen molar-refractivity contribution in [2.75, 3.05) is 25.1 Å². The van der Waals surface area contributed by atoms with Crippen molar-refractivity contribution in [1.82, 2.24) is 4.90 Å². The van der Waals surface area contributed by atoms with Gasteiger partial charge in [0.2, 0.25) is 0 Å². The zero-order valence-electron chi connectivity index (χ0n) is 13.4. The molecule has 3 rings (SSSR count). The predicted octanol–water partition coefficient (Wildman–Crippen LogP) is 2.40. The second kappa shape index (κ2) is 6.64. The molecule has 9 heteroatoms. The first-order chi connectivity index (χ1) is 11.8. The molecule has 0 saturated carbocycles. The zero-order chi connectivity index (χ0) is 18.3. The van der Waals surface area contributed by atoms with E-state index in [-0.39, 0.29) is 23.0 Å². The fourth-order valence-corrected chi connectivity index (χ4v) is 3.92. The number of esters is 1. The van der Waals surface area contributed by atoms with Gasteiger partial charge in [-0.25, -0.2) is 0 Å². The first-order valence-electron chi connectivity index (χ1n) is 7.36. The second-order valence-corrected chi connectivity index (χ2v) is 7.17. The number of benzene rings is 1. The highest BCUT2D eigenvalue weighted by molar-refractivity contribution is 9.10. The van der Waals surface area contributed by atoms with Crippen molar-refractivity contribution in [2.24, 2.45) is 0 Å². The summed E-state index contributed by atoms with van der Waals surface area (Å²) >= 11 is 4.01. The van der Waals surface area contributed by atoms with Crippen LogP contribution in [0.2, 0.25) is 0 Å². The number of ether oxygens (including phenoxy) is 1. The van der Waals surface area contributed by atoms with E-state index in [1.807, 2.05) is 0 Å². The standard InChI is InChI=1S/C16H13BrN2O5S/c1-3-24-11(20)7-19-15(22)13(25-16(19)23)12-9-6-8(17)4-5-10(9)18(2)14(12)21/h4-6H,3,7H2,1-2H3/b13-12+. The molecule has 1 aromatic rings. The predicted molar refractivity (Wildman–Crippen MR) is 95.8 cm³/mol. The Morgan fingerprint density at radius 2 is 1.96 bits per heavy atom. The Balaban J connectivity index is 2.03. The molecule has 0 aromatic heterocycles. The number of likely N-dealkylation sites (N-methyl/N-ethyl adjacent to an activating group) is 1. The van der Waals surface area contributed by atoms with Gasteiger partial charge >= 0.3 is 5.97 Å². The number of fused-ring (bicyclic) bond motifs is 1. The molecule has 1 fully saturated rings. The number of nitrogens with zero attached hydrogens (tertiary/aromatic N) is 2. The van der Waals surface area contributed by atoms with E-state index < -0.39 is 23.7 Å². The molecular weight excluding hydrogens is 412 g/mol. The summed E-state index contributed by atoms with van der Waals surface area (Å²) in [7, 11) is 1.60. The normalized spacial score (nSPS) is 19.7. The molecule has 0 atom stereocenters. The van der Waals surface area contributed by atoms with Crippen LogP contribution in [-0.2, 0) is 19.1 Å². The average molecular weight is 425 g/mol. The van der Waals surface area contributed by atoms with Gasteiger partial charge in [0, 0.05) is 17.1 Å². The fourth-order valence-electron chi connectivity index (χ4n) is 2.63. The quantitative estimate of drug-likeness (QED) is 0.547. The summed E-state index contributed by atoms with van der Waals surface area (Å²) < 4.78 is 5.53. The Kier molecular flexibility index (Phi) is 4.70. The summed E-state index contributed by atoms with van der Waals surface area (Å²) in [5.41, 5.74) is 1.40. The lowest BCUT2D eigenvalue weighted by Crippen LogP contribution is -2.34. The lowest BCUT2D eigenvalue weighted by atomic mass is 10.1. The lowest BCUT2D eigenvalue weighted by molar-refractivity contribution is -0.145. The van der Waals surface area contributed by atoms with E-state index in [1.54, 1.807) is 32.2 Å². The van der Waals surface area contributed by atoms with E-state index in [2.05, 4.69) is 15.9 Å². The Morgan fingerprint density at radius 3 is 2.64 bits per heavy atom. The average Bonchev–Trinajstić information content (AvgIpc) is 2.96. The largest absolute Gasteiger partial charge is 0.465 e. The van der Waals surface area contributed by atoms with Gasteiger partial charge in [0.1, 0.15) is 6.54 Å². The van der Waals surface area contributed by atoms with Crippen LogP contribution in [0.15, 0.2) is 27.6 Å². The maximum atomic E-state index is 12.6. The fraction of sp³-hybridized carbons (Fsp3) is 0.250. The minimum absolute atomic E-state index is 0.0306. The molecule has 0 spiro atoms. The van der Waals surface area contributed by atoms with Crippen LogP contribution < -0.4 is 4.90 Å². The summed E-state index contributed by atoms with van der Waals surface area (Å²) in [6.45, 7) is 1.32. The first kappa shape index (κ1) is 17.7. The van der Waals surface area contributed by atoms with Crippen LogP contribution in [0.5, 0.6) is 0 Å². The van der Waals surface area contributed by atoms with E-state index in [9.17, 15) is 19.2 Å². The van der Waals surface area contributed by atoms with Gasteiger partial charge in [-0.3, -0.25) is 24.1 Å². The third kappa shape index (κ3) is 2.98. The van der Waals surface area contributed by atoms with Gasteiger partial charge in [0.15, 0.2) is 0 Å². The second-order valence-electron chi connectivity index (χ2n) is 5.29. The maximum absolute atomic E-state index is 12.6. The minimum Gasteiger partial charge on any atom is -0.465 e. The van der Waals surface area contributed by atoms with Gasteiger partial charge in [-0.2, -0.15) is 0 Å². The molecule has 2 heterocycles. The van der Waals surface area contributed by atoms with E-state index in [0.717, 1.165) is 9.37 Å². The molecule has 0 N–H and O–H groups in total. The van der Waals surface area contributed by atoms with Crippen LogP contribution in [0.1, 0.15) is 12.5 Å². The molecule has 3 amide bonds. The van der Waals surface area contributed by atoms with Crippen LogP contribution in [0.25, 0.3) is 5.57 Å². The number of hydrogen-bond donors (Lipinski definition) is 0.